The van der Waals surface area contributed by atoms with Gasteiger partial charge in [-0.25, -0.2) is 0 Å². The fourth-order valence-corrected chi connectivity index (χ4v) is 1.86. The lowest BCUT2D eigenvalue weighted by molar-refractivity contribution is 0.0524. The van der Waals surface area contributed by atoms with Gasteiger partial charge in [-0.3, -0.25) is 0 Å². The van der Waals surface area contributed by atoms with Crippen molar-refractivity contribution >= 4 is 0 Å². The van der Waals surface area contributed by atoms with E-state index in [0.717, 1.165) is 24.3 Å². The molecule has 0 saturated carbocycles. The highest BCUT2D eigenvalue weighted by atomic mass is 16.5. The summed E-state index contributed by atoms with van der Waals surface area (Å²) in [6.45, 7) is 5.85. The zero-order valence-corrected chi connectivity index (χ0v) is 12.1. The molecule has 108 valence electrons. The van der Waals surface area contributed by atoms with Crippen molar-refractivity contribution in [2.24, 2.45) is 5.73 Å². The van der Waals surface area contributed by atoms with Crippen LogP contribution >= 0.6 is 0 Å². The molecule has 0 aliphatic carbocycles. The molecular weight excluding hydrogens is 242 g/mol. The molecule has 19 heavy (non-hydrogen) atoms. The lowest BCUT2D eigenvalue weighted by atomic mass is 10.1. The molecule has 0 bridgehead atoms. The van der Waals surface area contributed by atoms with Gasteiger partial charge in [-0.05, 0) is 31.0 Å². The van der Waals surface area contributed by atoms with Crippen molar-refractivity contribution in [3.05, 3.63) is 23.8 Å². The average Bonchev–Trinajstić information content (AvgIpc) is 2.46. The quantitative estimate of drug-likeness (QED) is 0.746. The topological polar surface area (TPSA) is 53.7 Å². The molecule has 0 saturated heterocycles. The molecule has 1 rings (SSSR count). The van der Waals surface area contributed by atoms with E-state index in [1.807, 2.05) is 19.1 Å². The number of methoxy groups -OCH3 is 1. The highest BCUT2D eigenvalue weighted by Gasteiger charge is 2.08. The third-order valence-corrected chi connectivity index (χ3v) is 3.00. The zero-order chi connectivity index (χ0) is 14.1. The van der Waals surface area contributed by atoms with Crippen LogP contribution in [0.4, 0.5) is 0 Å². The lowest BCUT2D eigenvalue weighted by Crippen LogP contribution is -2.25. The Kier molecular flexibility index (Phi) is 7.30. The summed E-state index contributed by atoms with van der Waals surface area (Å²) in [7, 11) is 1.66. The molecule has 1 atom stereocenters. The van der Waals surface area contributed by atoms with Crippen LogP contribution in [0.25, 0.3) is 0 Å². The Hall–Kier alpha value is -1.26. The minimum Gasteiger partial charge on any atom is -0.493 e. The molecule has 1 aromatic carbocycles. The summed E-state index contributed by atoms with van der Waals surface area (Å²) in [6, 6.07) is 6.02. The molecule has 2 N–H and O–H groups in total. The number of rotatable bonds is 9. The molecular formula is C15H25NO3. The number of hydrogen-bond donors (Lipinski definition) is 1. The number of hydrogen-bond acceptors (Lipinski definition) is 4. The van der Waals surface area contributed by atoms with Crippen LogP contribution in [0, 0.1) is 0 Å². The number of ether oxygens (including phenoxy) is 3. The summed E-state index contributed by atoms with van der Waals surface area (Å²) in [5.41, 5.74) is 6.86. The molecule has 0 aliphatic heterocycles. The van der Waals surface area contributed by atoms with Crippen molar-refractivity contribution in [3.63, 3.8) is 0 Å². The van der Waals surface area contributed by atoms with Crippen molar-refractivity contribution in [2.45, 2.75) is 32.8 Å². The SMILES string of the molecule is CCOC(CN)CCOc1ccc(CC)cc1OC. The van der Waals surface area contributed by atoms with Gasteiger partial charge in [0, 0.05) is 19.6 Å². The van der Waals surface area contributed by atoms with E-state index in [-0.39, 0.29) is 6.10 Å². The summed E-state index contributed by atoms with van der Waals surface area (Å²) in [5.74, 6) is 1.55. The Morgan fingerprint density at radius 2 is 2.00 bits per heavy atom. The predicted molar refractivity (Wildman–Crippen MR) is 77.0 cm³/mol. The molecule has 4 heteroatoms. The van der Waals surface area contributed by atoms with Gasteiger partial charge in [-0.1, -0.05) is 13.0 Å². The van der Waals surface area contributed by atoms with E-state index in [0.29, 0.717) is 19.8 Å². The first kappa shape index (κ1) is 15.8. The largest absolute Gasteiger partial charge is 0.493 e. The Labute approximate surface area is 115 Å². The fourth-order valence-electron chi connectivity index (χ4n) is 1.86. The Morgan fingerprint density at radius 1 is 1.21 bits per heavy atom. The van der Waals surface area contributed by atoms with E-state index in [1.54, 1.807) is 7.11 Å². The monoisotopic (exact) mass is 267 g/mol. The Morgan fingerprint density at radius 3 is 2.58 bits per heavy atom. The van der Waals surface area contributed by atoms with E-state index in [4.69, 9.17) is 19.9 Å². The minimum absolute atomic E-state index is 0.0610. The van der Waals surface area contributed by atoms with Crippen LogP contribution in [0.1, 0.15) is 25.8 Å². The van der Waals surface area contributed by atoms with Gasteiger partial charge in [0.15, 0.2) is 11.5 Å². The van der Waals surface area contributed by atoms with E-state index >= 15 is 0 Å². The normalized spacial score (nSPS) is 12.2. The minimum atomic E-state index is 0.0610. The Bertz CT molecular complexity index is 368. The van der Waals surface area contributed by atoms with Gasteiger partial charge in [0.05, 0.1) is 19.8 Å². The molecule has 0 amide bonds. The second-order valence-corrected chi connectivity index (χ2v) is 4.29. The van der Waals surface area contributed by atoms with Gasteiger partial charge in [0.1, 0.15) is 0 Å². The van der Waals surface area contributed by atoms with Crippen LogP contribution < -0.4 is 15.2 Å². The van der Waals surface area contributed by atoms with Crippen molar-refractivity contribution < 1.29 is 14.2 Å². The Balaban J connectivity index is 2.52. The maximum atomic E-state index is 5.75. The van der Waals surface area contributed by atoms with Crippen LogP contribution in [0.2, 0.25) is 0 Å². The van der Waals surface area contributed by atoms with Crippen LogP contribution in [0.3, 0.4) is 0 Å². The molecule has 4 nitrogen and oxygen atoms in total. The summed E-state index contributed by atoms with van der Waals surface area (Å²) < 4.78 is 16.6. The summed E-state index contributed by atoms with van der Waals surface area (Å²) in [5, 5.41) is 0. The summed E-state index contributed by atoms with van der Waals surface area (Å²) in [4.78, 5) is 0. The summed E-state index contributed by atoms with van der Waals surface area (Å²) in [6.07, 6.45) is 1.82. The maximum absolute atomic E-state index is 5.75. The van der Waals surface area contributed by atoms with E-state index < -0.39 is 0 Å². The van der Waals surface area contributed by atoms with Crippen LogP contribution in [0.5, 0.6) is 11.5 Å². The second kappa shape index (κ2) is 8.77. The molecule has 0 fully saturated rings. The second-order valence-electron chi connectivity index (χ2n) is 4.29. The van der Waals surface area contributed by atoms with E-state index in [2.05, 4.69) is 13.0 Å². The van der Waals surface area contributed by atoms with Crippen molar-refractivity contribution in [2.75, 3.05) is 26.9 Å². The van der Waals surface area contributed by atoms with Crippen molar-refractivity contribution in [1.82, 2.24) is 0 Å². The third-order valence-electron chi connectivity index (χ3n) is 3.00. The summed E-state index contributed by atoms with van der Waals surface area (Å²) >= 11 is 0. The van der Waals surface area contributed by atoms with Gasteiger partial charge >= 0.3 is 0 Å². The van der Waals surface area contributed by atoms with E-state index in [1.165, 1.54) is 5.56 Å². The number of benzene rings is 1. The molecule has 0 aliphatic rings. The predicted octanol–water partition coefficient (Wildman–Crippen LogP) is 2.39. The highest BCUT2D eigenvalue weighted by molar-refractivity contribution is 5.42. The van der Waals surface area contributed by atoms with Gasteiger partial charge in [0.2, 0.25) is 0 Å². The van der Waals surface area contributed by atoms with Crippen LogP contribution in [-0.2, 0) is 11.2 Å². The molecule has 0 heterocycles. The first-order valence-corrected chi connectivity index (χ1v) is 6.86. The van der Waals surface area contributed by atoms with Crippen LogP contribution in [-0.4, -0.2) is 33.0 Å². The first-order chi connectivity index (χ1) is 9.24. The molecule has 0 radical (unpaired) electrons. The first-order valence-electron chi connectivity index (χ1n) is 6.86. The van der Waals surface area contributed by atoms with Gasteiger partial charge in [0.25, 0.3) is 0 Å². The average molecular weight is 267 g/mol. The lowest BCUT2D eigenvalue weighted by Gasteiger charge is -2.16. The standard InChI is InChI=1S/C15H25NO3/c1-4-12-6-7-14(15(10-12)17-3)19-9-8-13(11-16)18-5-2/h6-7,10,13H,4-5,8-9,11,16H2,1-3H3. The molecule has 1 unspecified atom stereocenters. The molecule has 0 aromatic heterocycles. The van der Waals surface area contributed by atoms with Crippen molar-refractivity contribution in [3.8, 4) is 11.5 Å². The van der Waals surface area contributed by atoms with Gasteiger partial charge in [-0.15, -0.1) is 0 Å². The van der Waals surface area contributed by atoms with E-state index in [9.17, 15) is 0 Å². The number of nitrogens with two attached hydrogens (primary N) is 1. The molecule has 1 aromatic rings. The van der Waals surface area contributed by atoms with Crippen LogP contribution in [0.15, 0.2) is 18.2 Å². The third kappa shape index (κ3) is 5.09. The maximum Gasteiger partial charge on any atom is 0.161 e. The highest BCUT2D eigenvalue weighted by Crippen LogP contribution is 2.28. The van der Waals surface area contributed by atoms with Gasteiger partial charge < -0.3 is 19.9 Å². The number of aryl methyl sites for hydroxylation is 1. The smallest absolute Gasteiger partial charge is 0.161 e. The molecule has 0 spiro atoms. The zero-order valence-electron chi connectivity index (χ0n) is 12.1. The van der Waals surface area contributed by atoms with Crippen molar-refractivity contribution in [1.29, 1.82) is 0 Å². The van der Waals surface area contributed by atoms with Gasteiger partial charge in [-0.2, -0.15) is 0 Å². The fraction of sp³-hybridized carbons (Fsp3) is 0.600.